The monoisotopic (exact) mass is 684 g/mol. The van der Waals surface area contributed by atoms with Gasteiger partial charge in [0.25, 0.3) is 5.69 Å². The SMILES string of the molecule is CC(C)[C@H](NC(=O)CCCCCN=[N+]=N)C(=O)N[C@@H](CCCNC(N)=O)C(=O)Nc1ccc(COC(=O)Oc2ccc([N+](=O)[O-])cc2)cc1. The number of benzene rings is 2. The molecule has 18 nitrogen and oxygen atoms in total. The Hall–Kier alpha value is -5.90. The van der Waals surface area contributed by atoms with Crippen molar-refractivity contribution in [3.8, 4) is 5.75 Å². The summed E-state index contributed by atoms with van der Waals surface area (Å²) in [4.78, 5) is 75.4. The molecule has 2 atom stereocenters. The summed E-state index contributed by atoms with van der Waals surface area (Å²) in [5.74, 6) is -1.62. The van der Waals surface area contributed by atoms with E-state index < -0.39 is 41.0 Å². The number of urea groups is 1. The maximum atomic E-state index is 13.3. The van der Waals surface area contributed by atoms with Gasteiger partial charge in [0, 0.05) is 30.8 Å². The molecule has 2 aromatic carbocycles. The number of carbonyl (C=O) groups is 5. The fourth-order valence-electron chi connectivity index (χ4n) is 4.34. The van der Waals surface area contributed by atoms with Crippen LogP contribution >= 0.6 is 0 Å². The number of anilines is 1. The summed E-state index contributed by atoms with van der Waals surface area (Å²) in [5, 5.41) is 25.0. The second kappa shape index (κ2) is 21.1. The zero-order valence-corrected chi connectivity index (χ0v) is 27.3. The molecule has 49 heavy (non-hydrogen) atoms. The van der Waals surface area contributed by atoms with Gasteiger partial charge in [0.05, 0.1) is 4.92 Å². The molecular formula is C31H42N9O9+. The molecule has 0 fully saturated rings. The number of hydrogen-bond donors (Lipinski definition) is 6. The highest BCUT2D eigenvalue weighted by Gasteiger charge is 2.28. The Kier molecular flexibility index (Phi) is 16.9. The van der Waals surface area contributed by atoms with E-state index >= 15 is 0 Å². The lowest BCUT2D eigenvalue weighted by molar-refractivity contribution is -0.384. The van der Waals surface area contributed by atoms with Crippen molar-refractivity contribution in [3.63, 3.8) is 0 Å². The molecule has 0 aliphatic rings. The number of rotatable bonds is 20. The second-order valence-electron chi connectivity index (χ2n) is 11.1. The maximum absolute atomic E-state index is 13.3. The van der Waals surface area contributed by atoms with Crippen molar-refractivity contribution in [1.29, 1.82) is 5.53 Å². The molecular weight excluding hydrogens is 642 g/mol. The normalized spacial score (nSPS) is 11.7. The molecule has 0 saturated carbocycles. The highest BCUT2D eigenvalue weighted by Crippen LogP contribution is 2.18. The van der Waals surface area contributed by atoms with E-state index in [4.69, 9.17) is 20.7 Å². The van der Waals surface area contributed by atoms with Gasteiger partial charge < -0.3 is 36.5 Å². The van der Waals surface area contributed by atoms with Crippen LogP contribution in [0.25, 0.3) is 0 Å². The van der Waals surface area contributed by atoms with Crippen molar-refractivity contribution in [2.24, 2.45) is 16.8 Å². The number of nitrogens with two attached hydrogens (primary N) is 1. The van der Waals surface area contributed by atoms with Gasteiger partial charge in [-0.15, -0.1) is 0 Å². The Balaban J connectivity index is 1.97. The number of amides is 5. The molecule has 0 radical (unpaired) electrons. The molecule has 0 aliphatic heterocycles. The minimum absolute atomic E-state index is 0.0694. The molecule has 264 valence electrons. The molecule has 2 aromatic rings. The van der Waals surface area contributed by atoms with Crippen LogP contribution in [0.4, 0.5) is 21.0 Å². The lowest BCUT2D eigenvalue weighted by Crippen LogP contribution is -2.54. The summed E-state index contributed by atoms with van der Waals surface area (Å²) in [6, 6.07) is 8.59. The zero-order valence-electron chi connectivity index (χ0n) is 27.3. The largest absolute Gasteiger partial charge is 0.514 e. The van der Waals surface area contributed by atoms with E-state index in [0.29, 0.717) is 43.5 Å². The summed E-state index contributed by atoms with van der Waals surface area (Å²) in [6.45, 7) is 3.95. The van der Waals surface area contributed by atoms with Crippen LogP contribution in [0.5, 0.6) is 5.75 Å². The third-order valence-corrected chi connectivity index (χ3v) is 6.93. The zero-order chi connectivity index (χ0) is 36.2. The van der Waals surface area contributed by atoms with E-state index in [2.05, 4.69) is 31.3 Å². The first-order valence-corrected chi connectivity index (χ1v) is 15.5. The maximum Gasteiger partial charge on any atom is 0.514 e. The quantitative estimate of drug-likeness (QED) is 0.0226. The Bertz CT molecular complexity index is 1480. The van der Waals surface area contributed by atoms with Gasteiger partial charge in [-0.1, -0.05) is 32.4 Å². The van der Waals surface area contributed by atoms with Crippen molar-refractivity contribution in [2.75, 3.05) is 18.4 Å². The van der Waals surface area contributed by atoms with Gasteiger partial charge in [0.1, 0.15) is 41.6 Å². The van der Waals surface area contributed by atoms with Crippen LogP contribution in [0, 0.1) is 21.6 Å². The predicted octanol–water partition coefficient (Wildman–Crippen LogP) is 3.43. The Morgan fingerprint density at radius 3 is 2.27 bits per heavy atom. The number of hydrogen-bond acceptors (Lipinski definition) is 11. The van der Waals surface area contributed by atoms with E-state index in [1.165, 1.54) is 24.3 Å². The van der Waals surface area contributed by atoms with Crippen molar-refractivity contribution >= 4 is 41.3 Å². The van der Waals surface area contributed by atoms with E-state index in [1.54, 1.807) is 38.1 Å². The number of ether oxygens (including phenoxy) is 2. The van der Waals surface area contributed by atoms with Gasteiger partial charge in [-0.25, -0.2) is 9.59 Å². The number of unbranched alkanes of at least 4 members (excludes halogenated alkanes) is 2. The first-order valence-electron chi connectivity index (χ1n) is 15.5. The minimum atomic E-state index is -1.02. The number of nitro benzene ring substituents is 1. The van der Waals surface area contributed by atoms with Crippen molar-refractivity contribution in [3.05, 3.63) is 64.2 Å². The average Bonchev–Trinajstić information content (AvgIpc) is 3.06. The first kappa shape index (κ1) is 39.3. The third kappa shape index (κ3) is 15.5. The number of nitrogens with zero attached hydrogens (tertiary/aromatic N) is 3. The fraction of sp³-hybridized carbons (Fsp3) is 0.452. The molecule has 0 saturated heterocycles. The second-order valence-corrected chi connectivity index (χ2v) is 11.1. The van der Waals surface area contributed by atoms with Crippen LogP contribution in [-0.4, -0.2) is 60.0 Å². The summed E-state index contributed by atoms with van der Waals surface area (Å²) in [6.07, 6.45) is 1.59. The van der Waals surface area contributed by atoms with Gasteiger partial charge in [0.2, 0.25) is 22.6 Å². The lowest BCUT2D eigenvalue weighted by Gasteiger charge is -2.25. The van der Waals surface area contributed by atoms with Crippen LogP contribution in [-0.2, 0) is 25.7 Å². The van der Waals surface area contributed by atoms with Crippen LogP contribution in [0.2, 0.25) is 0 Å². The number of nitrogens with one attached hydrogen (secondary N) is 5. The highest BCUT2D eigenvalue weighted by molar-refractivity contribution is 5.98. The molecule has 2 rings (SSSR count). The Labute approximate surface area is 282 Å². The van der Waals surface area contributed by atoms with E-state index in [1.807, 2.05) is 0 Å². The smallest absolute Gasteiger partial charge is 0.429 e. The van der Waals surface area contributed by atoms with Gasteiger partial charge in [-0.2, -0.15) is 0 Å². The van der Waals surface area contributed by atoms with E-state index in [9.17, 15) is 34.1 Å². The van der Waals surface area contributed by atoms with Crippen LogP contribution in [0.1, 0.15) is 57.9 Å². The average molecular weight is 685 g/mol. The molecule has 0 heterocycles. The summed E-state index contributed by atoms with van der Waals surface area (Å²) in [7, 11) is 0. The number of nitro groups is 1. The minimum Gasteiger partial charge on any atom is -0.429 e. The third-order valence-electron chi connectivity index (χ3n) is 6.93. The van der Waals surface area contributed by atoms with Gasteiger partial charge in [0.15, 0.2) is 0 Å². The van der Waals surface area contributed by atoms with Crippen molar-refractivity contribution in [1.82, 2.24) is 20.9 Å². The molecule has 0 unspecified atom stereocenters. The first-order chi connectivity index (χ1) is 23.4. The summed E-state index contributed by atoms with van der Waals surface area (Å²) < 4.78 is 10.1. The number of non-ortho nitro benzene ring substituents is 1. The molecule has 5 amide bonds. The van der Waals surface area contributed by atoms with Crippen LogP contribution < -0.4 is 36.6 Å². The molecule has 7 N–H and O–H groups in total. The lowest BCUT2D eigenvalue weighted by atomic mass is 10.0. The van der Waals surface area contributed by atoms with Gasteiger partial charge >= 0.3 is 12.2 Å². The Morgan fingerprint density at radius 2 is 1.65 bits per heavy atom. The predicted molar refractivity (Wildman–Crippen MR) is 175 cm³/mol. The number of carbonyl (C=O) groups excluding carboxylic acids is 5. The molecule has 0 bridgehead atoms. The Morgan fingerprint density at radius 1 is 0.959 bits per heavy atom. The number of primary amides is 1. The van der Waals surface area contributed by atoms with Crippen molar-refractivity contribution in [2.45, 2.75) is 71.1 Å². The van der Waals surface area contributed by atoms with E-state index in [0.717, 1.165) is 0 Å². The summed E-state index contributed by atoms with van der Waals surface area (Å²) in [5.41, 5.74) is 12.6. The molecule has 0 spiro atoms. The fourth-order valence-corrected chi connectivity index (χ4v) is 4.34. The highest BCUT2D eigenvalue weighted by atomic mass is 16.7. The molecule has 0 aromatic heterocycles. The molecule has 18 heteroatoms. The standard InChI is InChI=1S/C31H41N9O9/c1-20(2)27(38-26(41)8-4-3-5-18-35-39-33)29(43)37-25(7-6-17-34-30(32)44)28(42)36-22-11-9-21(10-12-22)19-48-31(45)49-24-15-13-23(14-16-24)40(46)47/h9-16,20,25,27,33H,3-8,17-19H2,1-2H3,(H5-,32,34,36,37,38,41,42,43,44)/p+1/t25-,27-/m0/s1. The van der Waals surface area contributed by atoms with Crippen LogP contribution in [0.3, 0.4) is 0 Å². The van der Waals surface area contributed by atoms with Crippen LogP contribution in [0.15, 0.2) is 53.6 Å². The van der Waals surface area contributed by atoms with Gasteiger partial charge in [-0.05, 0) is 61.4 Å². The summed E-state index contributed by atoms with van der Waals surface area (Å²) >= 11 is 0. The van der Waals surface area contributed by atoms with E-state index in [-0.39, 0.29) is 49.3 Å². The molecule has 0 aliphatic carbocycles. The topological polar surface area (TPSA) is 271 Å². The van der Waals surface area contributed by atoms with Gasteiger partial charge in [-0.3, -0.25) is 24.5 Å². The van der Waals surface area contributed by atoms with Crippen molar-refractivity contribution < 1.29 is 38.4 Å².